The molecule has 1 aliphatic heterocycles. The predicted octanol–water partition coefficient (Wildman–Crippen LogP) is 3.20. The second-order valence-corrected chi connectivity index (χ2v) is 14.4. The molecule has 1 fully saturated rings. The van der Waals surface area contributed by atoms with Gasteiger partial charge in [0.05, 0.1) is 12.7 Å². The number of carbonyl (C=O) groups is 1. The van der Waals surface area contributed by atoms with E-state index in [4.69, 9.17) is 4.43 Å². The van der Waals surface area contributed by atoms with Crippen LogP contribution in [0.15, 0.2) is 5.38 Å². The number of aromatic nitrogens is 1. The van der Waals surface area contributed by atoms with Crippen LogP contribution in [0.25, 0.3) is 0 Å². The van der Waals surface area contributed by atoms with Crippen molar-refractivity contribution in [2.24, 2.45) is 0 Å². The number of amides is 1. The molecule has 0 aliphatic carbocycles. The fourth-order valence-corrected chi connectivity index (χ4v) is 4.33. The number of hydrogen-bond acceptors (Lipinski definition) is 6. The number of nitrogens with zero attached hydrogens (tertiary/aromatic N) is 3. The molecular weight excluding hydrogens is 366 g/mol. The van der Waals surface area contributed by atoms with E-state index in [0.29, 0.717) is 31.9 Å². The maximum Gasteiger partial charge on any atom is 0.273 e. The molecule has 1 N–H and O–H groups in total. The van der Waals surface area contributed by atoms with Gasteiger partial charge in [0.15, 0.2) is 13.4 Å². The molecule has 1 aliphatic rings. The van der Waals surface area contributed by atoms with Crippen LogP contribution < -0.4 is 4.90 Å². The average molecular weight is 400 g/mol. The van der Waals surface area contributed by atoms with Gasteiger partial charge in [0.25, 0.3) is 5.91 Å². The van der Waals surface area contributed by atoms with E-state index < -0.39 is 8.32 Å². The minimum atomic E-state index is -1.82. The summed E-state index contributed by atoms with van der Waals surface area (Å²) < 4.78 is 6.23. The van der Waals surface area contributed by atoms with Gasteiger partial charge in [-0.1, -0.05) is 20.8 Å². The summed E-state index contributed by atoms with van der Waals surface area (Å²) in [6.45, 7) is 17.4. The number of aliphatic hydroxyl groups excluding tert-OH is 1. The largest absolute Gasteiger partial charge is 0.415 e. The lowest BCUT2D eigenvalue weighted by Crippen LogP contribution is -2.50. The van der Waals surface area contributed by atoms with Gasteiger partial charge in [-0.05, 0) is 32.0 Å². The molecule has 6 nitrogen and oxygen atoms in total. The van der Waals surface area contributed by atoms with Gasteiger partial charge in [-0.15, -0.1) is 11.3 Å². The molecule has 0 saturated carbocycles. The third-order valence-corrected chi connectivity index (χ3v) is 10.8. The van der Waals surface area contributed by atoms with Crippen molar-refractivity contribution in [3.05, 3.63) is 11.1 Å². The second-order valence-electron chi connectivity index (χ2n) is 8.78. The lowest BCUT2D eigenvalue weighted by atomic mass is 10.2. The van der Waals surface area contributed by atoms with E-state index in [1.54, 1.807) is 0 Å². The molecule has 1 saturated heterocycles. The van der Waals surface area contributed by atoms with E-state index in [9.17, 15) is 9.90 Å². The summed E-state index contributed by atoms with van der Waals surface area (Å²) >= 11 is 1.46. The van der Waals surface area contributed by atoms with Crippen LogP contribution in [-0.4, -0.2) is 67.6 Å². The highest BCUT2D eigenvalue weighted by atomic mass is 32.1. The van der Waals surface area contributed by atoms with Crippen LogP contribution in [0.3, 0.4) is 0 Å². The van der Waals surface area contributed by atoms with Gasteiger partial charge in [0.2, 0.25) is 0 Å². The fraction of sp³-hybridized carbons (Fsp3) is 0.778. The molecule has 2 heterocycles. The van der Waals surface area contributed by atoms with Crippen LogP contribution in [0.4, 0.5) is 5.13 Å². The fourth-order valence-electron chi connectivity index (χ4n) is 2.48. The Morgan fingerprint density at radius 3 is 2.58 bits per heavy atom. The van der Waals surface area contributed by atoms with Gasteiger partial charge in [0.1, 0.15) is 5.69 Å². The SMILES string of the molecule is CC(C)N(CCO[Si](C)(C)C(C)(C)C)C(=O)c1csc(N2CC(O)C2)n1. The van der Waals surface area contributed by atoms with E-state index in [1.165, 1.54) is 11.3 Å². The van der Waals surface area contributed by atoms with Crippen LogP contribution >= 0.6 is 11.3 Å². The maximum absolute atomic E-state index is 12.9. The highest BCUT2D eigenvalue weighted by Gasteiger charge is 2.37. The molecule has 0 aromatic carbocycles. The highest BCUT2D eigenvalue weighted by Crippen LogP contribution is 2.36. The first-order chi connectivity index (χ1) is 11.9. The minimum absolute atomic E-state index is 0.0533. The first kappa shape index (κ1) is 21.3. The molecule has 0 bridgehead atoms. The Balaban J connectivity index is 1.97. The van der Waals surface area contributed by atoms with Crippen LogP contribution in [0.5, 0.6) is 0 Å². The van der Waals surface area contributed by atoms with Crippen molar-refractivity contribution >= 4 is 30.7 Å². The van der Waals surface area contributed by atoms with Crippen molar-refractivity contribution in [3.8, 4) is 0 Å². The third-order valence-electron chi connectivity index (χ3n) is 5.33. The number of thiazole rings is 1. The number of carbonyl (C=O) groups excluding carboxylic acids is 1. The zero-order valence-corrected chi connectivity index (χ0v) is 18.9. The van der Waals surface area contributed by atoms with Gasteiger partial charge >= 0.3 is 0 Å². The summed E-state index contributed by atoms with van der Waals surface area (Å²) in [5.41, 5.74) is 0.479. The standard InChI is InChI=1S/C18H33N3O3SSi/c1-13(2)21(8-9-24-26(6,7)18(3,4)5)16(23)15-12-25-17(19-15)20-10-14(22)11-20/h12-14,22H,8-11H2,1-7H3. The topological polar surface area (TPSA) is 65.9 Å². The quantitative estimate of drug-likeness (QED) is 0.713. The smallest absolute Gasteiger partial charge is 0.273 e. The number of rotatable bonds is 7. The Morgan fingerprint density at radius 2 is 2.08 bits per heavy atom. The molecule has 1 amide bonds. The highest BCUT2D eigenvalue weighted by molar-refractivity contribution is 7.14. The van der Waals surface area contributed by atoms with E-state index in [2.05, 4.69) is 38.8 Å². The van der Waals surface area contributed by atoms with Crippen LogP contribution in [-0.2, 0) is 4.43 Å². The summed E-state index contributed by atoms with van der Waals surface area (Å²) in [5, 5.41) is 12.2. The zero-order chi connectivity index (χ0) is 19.7. The van der Waals surface area contributed by atoms with Gasteiger partial charge < -0.3 is 19.3 Å². The summed E-state index contributed by atoms with van der Waals surface area (Å²) in [6.07, 6.45) is -0.280. The van der Waals surface area contributed by atoms with Crippen LogP contribution in [0.1, 0.15) is 45.1 Å². The molecule has 26 heavy (non-hydrogen) atoms. The number of aliphatic hydroxyl groups is 1. The van der Waals surface area contributed by atoms with Gasteiger partial charge in [-0.25, -0.2) is 4.98 Å². The molecule has 0 spiro atoms. The van der Waals surface area contributed by atoms with E-state index in [0.717, 1.165) is 5.13 Å². The normalized spacial score (nSPS) is 16.1. The monoisotopic (exact) mass is 399 g/mol. The van der Waals surface area contributed by atoms with E-state index >= 15 is 0 Å². The Morgan fingerprint density at radius 1 is 1.46 bits per heavy atom. The van der Waals surface area contributed by atoms with Crippen molar-refractivity contribution in [3.63, 3.8) is 0 Å². The molecule has 0 atom stereocenters. The Kier molecular flexibility index (Phi) is 6.53. The van der Waals surface area contributed by atoms with Crippen molar-refractivity contribution in [1.82, 2.24) is 9.88 Å². The lowest BCUT2D eigenvalue weighted by molar-refractivity contribution is 0.0664. The molecule has 0 radical (unpaired) electrons. The molecule has 0 unspecified atom stereocenters. The van der Waals surface area contributed by atoms with Crippen molar-refractivity contribution < 1.29 is 14.3 Å². The second kappa shape index (κ2) is 7.96. The van der Waals surface area contributed by atoms with Gasteiger partial charge in [0, 0.05) is 31.1 Å². The van der Waals surface area contributed by atoms with Crippen molar-refractivity contribution in [2.45, 2.75) is 64.9 Å². The molecular formula is C18H33N3O3SSi. The van der Waals surface area contributed by atoms with Gasteiger partial charge in [-0.2, -0.15) is 0 Å². The molecule has 2 rings (SSSR count). The molecule has 148 valence electrons. The van der Waals surface area contributed by atoms with Gasteiger partial charge in [-0.3, -0.25) is 4.79 Å². The number of anilines is 1. The Bertz CT molecular complexity index is 621. The number of hydrogen-bond donors (Lipinski definition) is 1. The summed E-state index contributed by atoms with van der Waals surface area (Å²) in [5.74, 6) is -0.0533. The van der Waals surface area contributed by atoms with Crippen LogP contribution in [0, 0.1) is 0 Å². The maximum atomic E-state index is 12.9. The predicted molar refractivity (Wildman–Crippen MR) is 110 cm³/mol. The summed E-state index contributed by atoms with van der Waals surface area (Å²) in [6, 6.07) is 0.0847. The zero-order valence-electron chi connectivity index (χ0n) is 17.1. The van der Waals surface area contributed by atoms with E-state index in [1.807, 2.05) is 29.0 Å². The third kappa shape index (κ3) is 4.85. The first-order valence-electron chi connectivity index (χ1n) is 9.26. The summed E-state index contributed by atoms with van der Waals surface area (Å²) in [4.78, 5) is 21.2. The van der Waals surface area contributed by atoms with Crippen molar-refractivity contribution in [1.29, 1.82) is 0 Å². The average Bonchev–Trinajstić information content (AvgIpc) is 2.95. The summed E-state index contributed by atoms with van der Waals surface area (Å²) in [7, 11) is -1.82. The number of β-amino-alcohol motifs (C(OH)–C–C–N with tert-alkyl or cyclic N) is 1. The first-order valence-corrected chi connectivity index (χ1v) is 13.0. The molecule has 1 aromatic rings. The van der Waals surface area contributed by atoms with Crippen LogP contribution in [0.2, 0.25) is 18.1 Å². The molecule has 1 aromatic heterocycles. The lowest BCUT2D eigenvalue weighted by Gasteiger charge is -2.37. The Hall–Kier alpha value is -0.963. The minimum Gasteiger partial charge on any atom is -0.415 e. The van der Waals surface area contributed by atoms with Crippen molar-refractivity contribution in [2.75, 3.05) is 31.1 Å². The Labute approximate surface area is 162 Å². The molecule has 8 heteroatoms. The van der Waals surface area contributed by atoms with E-state index in [-0.39, 0.29) is 23.1 Å².